The van der Waals surface area contributed by atoms with Crippen LogP contribution in [-0.2, 0) is 26.0 Å². The third-order valence-electron chi connectivity index (χ3n) is 6.85. The van der Waals surface area contributed by atoms with Gasteiger partial charge in [0, 0.05) is 30.6 Å². The molecule has 2 aromatic carbocycles. The van der Waals surface area contributed by atoms with Crippen molar-refractivity contribution in [1.29, 1.82) is 0 Å². The normalized spacial score (nSPS) is 15.5. The Kier molecular flexibility index (Phi) is 8.70. The van der Waals surface area contributed by atoms with Crippen LogP contribution >= 0.6 is 11.3 Å². The highest BCUT2D eigenvalue weighted by Gasteiger charge is 2.36. The predicted molar refractivity (Wildman–Crippen MR) is 152 cm³/mol. The lowest BCUT2D eigenvalue weighted by molar-refractivity contribution is -0.133. The zero-order chi connectivity index (χ0) is 27.4. The van der Waals surface area contributed by atoms with Gasteiger partial charge < -0.3 is 10.2 Å². The Balaban J connectivity index is 1.64. The van der Waals surface area contributed by atoms with E-state index in [-0.39, 0.29) is 41.8 Å². The first-order valence-electron chi connectivity index (χ1n) is 12.9. The molecule has 9 heteroatoms. The maximum absolute atomic E-state index is 13.9. The third-order valence-corrected chi connectivity index (χ3v) is 9.71. The summed E-state index contributed by atoms with van der Waals surface area (Å²) in [5, 5.41) is 4.71. The maximum atomic E-state index is 13.9. The molecular weight excluding hydrogens is 518 g/mol. The van der Waals surface area contributed by atoms with E-state index in [9.17, 15) is 18.0 Å². The number of hydrogen-bond donors (Lipinski definition) is 1. The van der Waals surface area contributed by atoms with Crippen molar-refractivity contribution >= 4 is 38.9 Å². The van der Waals surface area contributed by atoms with Gasteiger partial charge in [0.15, 0.2) is 0 Å². The number of nitrogens with zero attached hydrogens (tertiary/aromatic N) is 2. The zero-order valence-electron chi connectivity index (χ0n) is 22.3. The van der Waals surface area contributed by atoms with Gasteiger partial charge in [0.25, 0.3) is 0 Å². The van der Waals surface area contributed by atoms with Crippen molar-refractivity contribution < 1.29 is 18.0 Å². The molecule has 1 aliphatic rings. The van der Waals surface area contributed by atoms with Gasteiger partial charge in [-0.1, -0.05) is 38.1 Å². The molecule has 0 bridgehead atoms. The van der Waals surface area contributed by atoms with E-state index in [4.69, 9.17) is 0 Å². The van der Waals surface area contributed by atoms with Crippen LogP contribution in [0.1, 0.15) is 54.8 Å². The molecule has 1 aliphatic heterocycles. The summed E-state index contributed by atoms with van der Waals surface area (Å²) >= 11 is 1.70. The molecule has 0 spiro atoms. The van der Waals surface area contributed by atoms with Crippen LogP contribution < -0.4 is 5.32 Å². The van der Waals surface area contributed by atoms with Gasteiger partial charge in [-0.25, -0.2) is 8.42 Å². The van der Waals surface area contributed by atoms with E-state index < -0.39 is 10.0 Å². The topological polar surface area (TPSA) is 86.8 Å². The smallest absolute Gasteiger partial charge is 0.243 e. The standard InChI is InChI=1S/C29H35N3O4S2/c1-20(2)13-16-31(38(35,36)24-11-9-23(10-12-24)30-22(4)33)19-28(34)32-17-14-27-26(15-18-37-27)29(32)25-8-6-5-7-21(25)3/h5-12,15,18,20,29H,13-14,16-17,19H2,1-4H3,(H,30,33)/t29-/m1/s1. The van der Waals surface area contributed by atoms with Crippen molar-refractivity contribution in [2.75, 3.05) is 25.0 Å². The van der Waals surface area contributed by atoms with Crippen molar-refractivity contribution in [3.05, 3.63) is 81.5 Å². The first kappa shape index (κ1) is 28.0. The molecule has 1 N–H and O–H groups in total. The molecule has 0 radical (unpaired) electrons. The van der Waals surface area contributed by atoms with Gasteiger partial charge in [0.2, 0.25) is 21.8 Å². The van der Waals surface area contributed by atoms with Crippen molar-refractivity contribution in [3.8, 4) is 0 Å². The average Bonchev–Trinajstić information content (AvgIpc) is 3.35. The molecular formula is C29H35N3O4S2. The summed E-state index contributed by atoms with van der Waals surface area (Å²) in [7, 11) is -3.94. The van der Waals surface area contributed by atoms with Gasteiger partial charge in [0.05, 0.1) is 17.5 Å². The largest absolute Gasteiger partial charge is 0.330 e. The van der Waals surface area contributed by atoms with Crippen molar-refractivity contribution in [2.45, 2.75) is 51.5 Å². The summed E-state index contributed by atoms with van der Waals surface area (Å²) < 4.78 is 28.8. The fourth-order valence-corrected chi connectivity index (χ4v) is 7.11. The number of benzene rings is 2. The van der Waals surface area contributed by atoms with Crippen LogP contribution in [0.3, 0.4) is 0 Å². The van der Waals surface area contributed by atoms with Crippen LogP contribution in [0.25, 0.3) is 0 Å². The molecule has 2 amide bonds. The van der Waals surface area contributed by atoms with Crippen LogP contribution in [0.4, 0.5) is 5.69 Å². The Morgan fingerprint density at radius 3 is 2.45 bits per heavy atom. The number of carbonyl (C=O) groups excluding carboxylic acids is 2. The molecule has 202 valence electrons. The highest BCUT2D eigenvalue weighted by Crippen LogP contribution is 2.39. The van der Waals surface area contributed by atoms with E-state index in [0.717, 1.165) is 23.1 Å². The number of rotatable bonds is 9. The van der Waals surface area contributed by atoms with Crippen molar-refractivity contribution in [1.82, 2.24) is 9.21 Å². The van der Waals surface area contributed by atoms with E-state index in [1.807, 2.05) is 43.9 Å². The minimum Gasteiger partial charge on any atom is -0.330 e. The van der Waals surface area contributed by atoms with E-state index in [1.54, 1.807) is 23.5 Å². The van der Waals surface area contributed by atoms with Crippen molar-refractivity contribution in [2.24, 2.45) is 5.92 Å². The molecule has 2 heterocycles. The number of aryl methyl sites for hydroxylation is 1. The lowest BCUT2D eigenvalue weighted by Crippen LogP contribution is -2.47. The lowest BCUT2D eigenvalue weighted by Gasteiger charge is -2.38. The number of amides is 2. The van der Waals surface area contributed by atoms with Gasteiger partial charge in [-0.2, -0.15) is 4.31 Å². The monoisotopic (exact) mass is 553 g/mol. The molecule has 7 nitrogen and oxygen atoms in total. The number of carbonyl (C=O) groups is 2. The van der Waals surface area contributed by atoms with Gasteiger partial charge in [0.1, 0.15) is 0 Å². The lowest BCUT2D eigenvalue weighted by atomic mass is 9.90. The SMILES string of the molecule is CC(=O)Nc1ccc(S(=O)(=O)N(CCC(C)C)CC(=O)N2CCc3sccc3[C@H]2c2ccccc2C)cc1. The number of thiophene rings is 1. The summed E-state index contributed by atoms with van der Waals surface area (Å²) in [6, 6.07) is 16.0. The Morgan fingerprint density at radius 1 is 1.08 bits per heavy atom. The molecule has 0 saturated heterocycles. The molecule has 3 aromatic rings. The van der Waals surface area contributed by atoms with Crippen LogP contribution in [0, 0.1) is 12.8 Å². The highest BCUT2D eigenvalue weighted by molar-refractivity contribution is 7.89. The molecule has 1 atom stereocenters. The maximum Gasteiger partial charge on any atom is 0.243 e. The Labute approximate surface area is 229 Å². The van der Waals surface area contributed by atoms with E-state index in [1.165, 1.54) is 28.2 Å². The quantitative estimate of drug-likeness (QED) is 0.393. The number of hydrogen-bond acceptors (Lipinski definition) is 5. The van der Waals surface area contributed by atoms with Crippen LogP contribution in [-0.4, -0.2) is 49.1 Å². The van der Waals surface area contributed by atoms with Gasteiger partial charge >= 0.3 is 0 Å². The molecule has 0 aliphatic carbocycles. The van der Waals surface area contributed by atoms with E-state index >= 15 is 0 Å². The number of nitrogens with one attached hydrogen (secondary N) is 1. The minimum absolute atomic E-state index is 0.0948. The second kappa shape index (κ2) is 11.8. The van der Waals surface area contributed by atoms with Crippen LogP contribution in [0.2, 0.25) is 0 Å². The fraction of sp³-hybridized carbons (Fsp3) is 0.379. The molecule has 0 unspecified atom stereocenters. The third kappa shape index (κ3) is 6.17. The van der Waals surface area contributed by atoms with Crippen LogP contribution in [0.15, 0.2) is 64.9 Å². The Hall–Kier alpha value is -3.01. The number of sulfonamides is 1. The molecule has 0 fully saturated rings. The van der Waals surface area contributed by atoms with E-state index in [2.05, 4.69) is 22.8 Å². The summed E-state index contributed by atoms with van der Waals surface area (Å²) in [5.74, 6) is -0.173. The van der Waals surface area contributed by atoms with Crippen LogP contribution in [0.5, 0.6) is 0 Å². The summed E-state index contributed by atoms with van der Waals surface area (Å²) in [6.07, 6.45) is 1.39. The van der Waals surface area contributed by atoms with Crippen molar-refractivity contribution in [3.63, 3.8) is 0 Å². The second-order valence-corrected chi connectivity index (χ2v) is 13.1. The highest BCUT2D eigenvalue weighted by atomic mass is 32.2. The first-order chi connectivity index (χ1) is 18.1. The Morgan fingerprint density at radius 2 is 1.79 bits per heavy atom. The van der Waals surface area contributed by atoms with Gasteiger partial charge in [-0.3, -0.25) is 9.59 Å². The summed E-state index contributed by atoms with van der Waals surface area (Å²) in [6.45, 7) is 8.05. The van der Waals surface area contributed by atoms with Gasteiger partial charge in [-0.05, 0) is 78.1 Å². The first-order valence-corrected chi connectivity index (χ1v) is 15.2. The predicted octanol–water partition coefficient (Wildman–Crippen LogP) is 5.23. The Bertz CT molecular complexity index is 1400. The molecule has 38 heavy (non-hydrogen) atoms. The molecule has 1 aromatic heterocycles. The van der Waals surface area contributed by atoms with Gasteiger partial charge in [-0.15, -0.1) is 11.3 Å². The minimum atomic E-state index is -3.94. The average molecular weight is 554 g/mol. The summed E-state index contributed by atoms with van der Waals surface area (Å²) in [4.78, 5) is 28.5. The zero-order valence-corrected chi connectivity index (χ0v) is 23.9. The summed E-state index contributed by atoms with van der Waals surface area (Å²) in [5.41, 5.74) is 3.79. The molecule has 4 rings (SSSR count). The number of fused-ring (bicyclic) bond motifs is 1. The number of anilines is 1. The molecule has 0 saturated carbocycles. The fourth-order valence-electron chi connectivity index (χ4n) is 4.80. The van der Waals surface area contributed by atoms with E-state index in [0.29, 0.717) is 18.7 Å². The second-order valence-electron chi connectivity index (χ2n) is 10.1.